The Morgan fingerprint density at radius 2 is 2.40 bits per heavy atom. The highest BCUT2D eigenvalue weighted by atomic mass is 32.1. The third-order valence-electron chi connectivity index (χ3n) is 3.29. The van der Waals surface area contributed by atoms with E-state index in [1.54, 1.807) is 11.3 Å². The Hall–Kier alpha value is -0.450. The fourth-order valence-electron chi connectivity index (χ4n) is 1.81. The van der Waals surface area contributed by atoms with E-state index in [-0.39, 0.29) is 0 Å². The van der Waals surface area contributed by atoms with Gasteiger partial charge in [-0.05, 0) is 24.7 Å². The molecule has 0 aliphatic heterocycles. The molecule has 1 aromatic rings. The summed E-state index contributed by atoms with van der Waals surface area (Å²) in [4.78, 5) is 4.43. The third-order valence-corrected chi connectivity index (χ3v) is 4.21. The van der Waals surface area contributed by atoms with Gasteiger partial charge in [0.25, 0.3) is 0 Å². The Morgan fingerprint density at radius 3 is 2.93 bits per heavy atom. The highest BCUT2D eigenvalue weighted by molar-refractivity contribution is 7.09. The van der Waals surface area contributed by atoms with Crippen molar-refractivity contribution in [3.63, 3.8) is 0 Å². The first kappa shape index (κ1) is 11.0. The van der Waals surface area contributed by atoms with Crippen LogP contribution in [0.1, 0.15) is 36.9 Å². The van der Waals surface area contributed by atoms with Gasteiger partial charge in [0.1, 0.15) is 5.01 Å². The van der Waals surface area contributed by atoms with Gasteiger partial charge in [-0.2, -0.15) is 0 Å². The predicted molar refractivity (Wildman–Crippen MR) is 63.7 cm³/mol. The van der Waals surface area contributed by atoms with E-state index in [0.717, 1.165) is 23.8 Å². The summed E-state index contributed by atoms with van der Waals surface area (Å²) in [5.74, 6) is 0. The minimum Gasteiger partial charge on any atom is -0.325 e. The summed E-state index contributed by atoms with van der Waals surface area (Å²) in [6, 6.07) is 0. The Bertz CT molecular complexity index is 317. The second-order valence-corrected chi connectivity index (χ2v) is 5.34. The van der Waals surface area contributed by atoms with Crippen LogP contribution in [0.5, 0.6) is 0 Å². The standard InChI is InChI=1S/C11H19N3S/c1-2-11(3-4-11)8-13-6-9-7-15-10(5-12)14-9/h7,13H,2-6,8,12H2,1H3. The van der Waals surface area contributed by atoms with Crippen LogP contribution in [0.15, 0.2) is 5.38 Å². The molecule has 2 rings (SSSR count). The van der Waals surface area contributed by atoms with Crippen molar-refractivity contribution in [1.29, 1.82) is 0 Å². The zero-order valence-corrected chi connectivity index (χ0v) is 10.1. The molecule has 3 N–H and O–H groups in total. The van der Waals surface area contributed by atoms with E-state index < -0.39 is 0 Å². The van der Waals surface area contributed by atoms with Crippen molar-refractivity contribution in [2.75, 3.05) is 6.54 Å². The third kappa shape index (κ3) is 2.77. The lowest BCUT2D eigenvalue weighted by atomic mass is 10.0. The van der Waals surface area contributed by atoms with Gasteiger partial charge in [0, 0.05) is 25.0 Å². The summed E-state index contributed by atoms with van der Waals surface area (Å²) >= 11 is 1.65. The van der Waals surface area contributed by atoms with E-state index in [1.807, 2.05) is 0 Å². The molecule has 4 heteroatoms. The van der Waals surface area contributed by atoms with Crippen LogP contribution in [0, 0.1) is 5.41 Å². The molecule has 0 bridgehead atoms. The average Bonchev–Trinajstić information content (AvgIpc) is 2.89. The van der Waals surface area contributed by atoms with E-state index >= 15 is 0 Å². The summed E-state index contributed by atoms with van der Waals surface area (Å²) < 4.78 is 0. The SMILES string of the molecule is CCC1(CNCc2csc(CN)n2)CC1. The van der Waals surface area contributed by atoms with Crippen LogP contribution in [-0.4, -0.2) is 11.5 Å². The lowest BCUT2D eigenvalue weighted by Crippen LogP contribution is -2.23. The first-order valence-corrected chi connectivity index (χ1v) is 6.50. The van der Waals surface area contributed by atoms with Gasteiger partial charge in [0.05, 0.1) is 5.69 Å². The van der Waals surface area contributed by atoms with Crippen LogP contribution in [0.2, 0.25) is 0 Å². The normalized spacial score (nSPS) is 18.0. The molecule has 15 heavy (non-hydrogen) atoms. The molecule has 0 unspecified atom stereocenters. The smallest absolute Gasteiger partial charge is 0.106 e. The van der Waals surface area contributed by atoms with Crippen molar-refractivity contribution in [3.05, 3.63) is 16.1 Å². The lowest BCUT2D eigenvalue weighted by molar-refractivity contribution is 0.442. The van der Waals surface area contributed by atoms with Gasteiger partial charge < -0.3 is 11.1 Å². The van der Waals surface area contributed by atoms with Gasteiger partial charge in [-0.25, -0.2) is 4.98 Å². The van der Waals surface area contributed by atoms with E-state index in [9.17, 15) is 0 Å². The highest BCUT2D eigenvalue weighted by Gasteiger charge is 2.39. The predicted octanol–water partition coefficient (Wildman–Crippen LogP) is 1.88. The van der Waals surface area contributed by atoms with Gasteiger partial charge in [0.2, 0.25) is 0 Å². The Balaban J connectivity index is 1.73. The number of hydrogen-bond donors (Lipinski definition) is 2. The topological polar surface area (TPSA) is 50.9 Å². The molecule has 3 nitrogen and oxygen atoms in total. The van der Waals surface area contributed by atoms with Crippen molar-refractivity contribution in [3.8, 4) is 0 Å². The summed E-state index contributed by atoms with van der Waals surface area (Å²) in [5.41, 5.74) is 7.27. The molecule has 1 aliphatic carbocycles. The van der Waals surface area contributed by atoms with Crippen molar-refractivity contribution < 1.29 is 0 Å². The van der Waals surface area contributed by atoms with E-state index in [1.165, 1.54) is 19.3 Å². The number of thiazole rings is 1. The first-order chi connectivity index (χ1) is 7.28. The van der Waals surface area contributed by atoms with E-state index in [2.05, 4.69) is 22.6 Å². The summed E-state index contributed by atoms with van der Waals surface area (Å²) in [7, 11) is 0. The molecule has 0 amide bonds. The number of nitrogens with zero attached hydrogens (tertiary/aromatic N) is 1. The van der Waals surface area contributed by atoms with Crippen LogP contribution in [0.25, 0.3) is 0 Å². The molecule has 1 fully saturated rings. The Kier molecular flexibility index (Phi) is 3.38. The van der Waals surface area contributed by atoms with Gasteiger partial charge in [-0.1, -0.05) is 6.92 Å². The van der Waals surface area contributed by atoms with Crippen LogP contribution in [-0.2, 0) is 13.1 Å². The number of nitrogens with one attached hydrogen (secondary N) is 1. The minimum atomic E-state index is 0.559. The number of hydrogen-bond acceptors (Lipinski definition) is 4. The molecule has 0 radical (unpaired) electrons. The Morgan fingerprint density at radius 1 is 1.60 bits per heavy atom. The molecule has 0 aromatic carbocycles. The maximum absolute atomic E-state index is 5.52. The van der Waals surface area contributed by atoms with Crippen LogP contribution in [0.3, 0.4) is 0 Å². The summed E-state index contributed by atoms with van der Waals surface area (Å²) in [6.45, 7) is 4.87. The number of rotatable bonds is 6. The molecule has 0 spiro atoms. The Labute approximate surface area is 95.1 Å². The fourth-order valence-corrected chi connectivity index (χ4v) is 2.49. The maximum Gasteiger partial charge on any atom is 0.106 e. The molecule has 1 heterocycles. The largest absolute Gasteiger partial charge is 0.325 e. The molecule has 0 atom stereocenters. The highest BCUT2D eigenvalue weighted by Crippen LogP contribution is 2.47. The molecule has 1 saturated carbocycles. The molecule has 0 saturated heterocycles. The summed E-state index contributed by atoms with van der Waals surface area (Å²) in [5, 5.41) is 6.63. The lowest BCUT2D eigenvalue weighted by Gasteiger charge is -2.12. The summed E-state index contributed by atoms with van der Waals surface area (Å²) in [6.07, 6.45) is 4.08. The average molecular weight is 225 g/mol. The minimum absolute atomic E-state index is 0.559. The second kappa shape index (κ2) is 4.60. The quantitative estimate of drug-likeness (QED) is 0.777. The monoisotopic (exact) mass is 225 g/mol. The van der Waals surface area contributed by atoms with Crippen molar-refractivity contribution in [2.45, 2.75) is 39.3 Å². The molecule has 1 aliphatic rings. The van der Waals surface area contributed by atoms with Crippen molar-refractivity contribution in [2.24, 2.45) is 11.1 Å². The van der Waals surface area contributed by atoms with Crippen LogP contribution >= 0.6 is 11.3 Å². The second-order valence-electron chi connectivity index (χ2n) is 4.39. The molecule has 84 valence electrons. The van der Waals surface area contributed by atoms with Gasteiger partial charge >= 0.3 is 0 Å². The molecule has 1 aromatic heterocycles. The maximum atomic E-state index is 5.52. The van der Waals surface area contributed by atoms with Crippen LogP contribution < -0.4 is 11.1 Å². The van der Waals surface area contributed by atoms with Crippen molar-refractivity contribution >= 4 is 11.3 Å². The number of aromatic nitrogens is 1. The van der Waals surface area contributed by atoms with Gasteiger partial charge in [-0.15, -0.1) is 11.3 Å². The van der Waals surface area contributed by atoms with E-state index in [0.29, 0.717) is 12.0 Å². The van der Waals surface area contributed by atoms with Crippen molar-refractivity contribution in [1.82, 2.24) is 10.3 Å². The van der Waals surface area contributed by atoms with Gasteiger partial charge in [0.15, 0.2) is 0 Å². The fraction of sp³-hybridized carbons (Fsp3) is 0.727. The molecular formula is C11H19N3S. The van der Waals surface area contributed by atoms with E-state index in [4.69, 9.17) is 5.73 Å². The molecular weight excluding hydrogens is 206 g/mol. The van der Waals surface area contributed by atoms with Gasteiger partial charge in [-0.3, -0.25) is 0 Å². The zero-order valence-electron chi connectivity index (χ0n) is 9.25. The van der Waals surface area contributed by atoms with Crippen LogP contribution in [0.4, 0.5) is 0 Å². The zero-order chi connectivity index (χ0) is 10.7. The first-order valence-electron chi connectivity index (χ1n) is 5.62. The number of nitrogens with two attached hydrogens (primary N) is 1.